The van der Waals surface area contributed by atoms with Gasteiger partial charge < -0.3 is 9.47 Å². The molecule has 0 fully saturated rings. The number of esters is 2. The van der Waals surface area contributed by atoms with Crippen LogP contribution in [-0.2, 0) is 14.9 Å². The first-order valence-corrected chi connectivity index (χ1v) is 9.00. The molecule has 4 heteroatoms. The Morgan fingerprint density at radius 2 is 1.14 bits per heavy atom. The second kappa shape index (κ2) is 9.36. The third kappa shape index (κ3) is 6.69. The van der Waals surface area contributed by atoms with Crippen molar-refractivity contribution < 1.29 is 19.1 Å². The van der Waals surface area contributed by atoms with Crippen LogP contribution in [0, 0.1) is 0 Å². The summed E-state index contributed by atoms with van der Waals surface area (Å²) >= 11 is 0. The molecule has 1 aromatic rings. The lowest BCUT2D eigenvalue weighted by Gasteiger charge is -2.21. The molecule has 0 saturated carbocycles. The van der Waals surface area contributed by atoms with E-state index in [1.54, 1.807) is 26.0 Å². The van der Waals surface area contributed by atoms with Crippen LogP contribution < -0.4 is 0 Å². The summed E-state index contributed by atoms with van der Waals surface area (Å²) in [4.78, 5) is 25.0. The summed E-state index contributed by atoms with van der Waals surface area (Å²) in [5.74, 6) is -1.07. The van der Waals surface area contributed by atoms with Gasteiger partial charge in [-0.15, -0.1) is 0 Å². The highest BCUT2D eigenvalue weighted by Gasteiger charge is 2.21. The van der Waals surface area contributed by atoms with Gasteiger partial charge in [0.2, 0.25) is 0 Å². The van der Waals surface area contributed by atoms with E-state index in [-0.39, 0.29) is 29.8 Å². The monoisotopic (exact) mass is 382 g/mol. The predicted octanol–water partition coefficient (Wildman–Crippen LogP) is 5.56. The smallest absolute Gasteiger partial charge is 0.338 e. The molecule has 28 heavy (non-hydrogen) atoms. The summed E-state index contributed by atoms with van der Waals surface area (Å²) in [7, 11) is 0. The SMILES string of the molecule is C=C(C)C(=C)COC(=O)c1cc(C(=O)OCC(=C)C(=C)C)cc(C(C)(C)C)c1. The van der Waals surface area contributed by atoms with E-state index >= 15 is 0 Å². The minimum atomic E-state index is -0.533. The van der Waals surface area contributed by atoms with Gasteiger partial charge in [-0.3, -0.25) is 0 Å². The molecule has 0 radical (unpaired) electrons. The molecule has 150 valence electrons. The van der Waals surface area contributed by atoms with Gasteiger partial charge in [0, 0.05) is 0 Å². The predicted molar refractivity (Wildman–Crippen MR) is 114 cm³/mol. The molecule has 0 bridgehead atoms. The van der Waals surface area contributed by atoms with Crippen LogP contribution in [0.4, 0.5) is 0 Å². The van der Waals surface area contributed by atoms with Gasteiger partial charge in [0.1, 0.15) is 13.2 Å². The minimum absolute atomic E-state index is 0.0477. The maximum Gasteiger partial charge on any atom is 0.338 e. The molecule has 0 unspecified atom stereocenters. The Morgan fingerprint density at radius 1 is 0.786 bits per heavy atom. The van der Waals surface area contributed by atoms with E-state index in [0.29, 0.717) is 11.1 Å². The summed E-state index contributed by atoms with van der Waals surface area (Å²) < 4.78 is 10.6. The molecule has 1 rings (SSSR count). The molecule has 0 saturated heterocycles. The Morgan fingerprint density at radius 3 is 1.43 bits per heavy atom. The average molecular weight is 383 g/mol. The number of hydrogen-bond donors (Lipinski definition) is 0. The normalized spacial score (nSPS) is 10.8. The number of rotatable bonds is 8. The van der Waals surface area contributed by atoms with E-state index in [9.17, 15) is 9.59 Å². The van der Waals surface area contributed by atoms with E-state index < -0.39 is 11.9 Å². The van der Waals surface area contributed by atoms with E-state index in [1.165, 1.54) is 6.07 Å². The van der Waals surface area contributed by atoms with Crippen molar-refractivity contribution >= 4 is 11.9 Å². The summed E-state index contributed by atoms with van der Waals surface area (Å²) in [5, 5.41) is 0. The maximum atomic E-state index is 12.5. The van der Waals surface area contributed by atoms with Crippen LogP contribution in [-0.4, -0.2) is 25.2 Å². The fourth-order valence-electron chi connectivity index (χ4n) is 2.01. The van der Waals surface area contributed by atoms with Crippen LogP contribution in [0.25, 0.3) is 0 Å². The van der Waals surface area contributed by atoms with E-state index in [4.69, 9.17) is 9.47 Å². The number of carbonyl (C=O) groups excluding carboxylic acids is 2. The van der Waals surface area contributed by atoms with Gasteiger partial charge in [-0.25, -0.2) is 9.59 Å². The second-order valence-electron chi connectivity index (χ2n) is 7.97. The molecule has 0 aliphatic rings. The van der Waals surface area contributed by atoms with Crippen molar-refractivity contribution in [2.24, 2.45) is 0 Å². The number of ether oxygens (including phenoxy) is 2. The second-order valence-corrected chi connectivity index (χ2v) is 7.97. The molecule has 1 aromatic carbocycles. The van der Waals surface area contributed by atoms with Gasteiger partial charge in [0.15, 0.2) is 0 Å². The van der Waals surface area contributed by atoms with E-state index in [0.717, 1.165) is 16.7 Å². The highest BCUT2D eigenvalue weighted by Crippen LogP contribution is 2.26. The maximum absolute atomic E-state index is 12.5. The first kappa shape index (κ1) is 23.2. The Balaban J connectivity index is 3.12. The van der Waals surface area contributed by atoms with Crippen LogP contribution in [0.2, 0.25) is 0 Å². The lowest BCUT2D eigenvalue weighted by Crippen LogP contribution is -2.17. The molecule has 0 amide bonds. The summed E-state index contributed by atoms with van der Waals surface area (Å²) in [6, 6.07) is 4.94. The van der Waals surface area contributed by atoms with Crippen molar-refractivity contribution in [3.05, 3.63) is 83.5 Å². The van der Waals surface area contributed by atoms with Crippen molar-refractivity contribution in [3.8, 4) is 0 Å². The van der Waals surface area contributed by atoms with E-state index in [2.05, 4.69) is 26.3 Å². The third-order valence-corrected chi connectivity index (χ3v) is 4.23. The zero-order chi connectivity index (χ0) is 21.6. The highest BCUT2D eigenvalue weighted by molar-refractivity contribution is 5.96. The van der Waals surface area contributed by atoms with Gasteiger partial charge in [-0.05, 0) is 54.2 Å². The summed E-state index contributed by atoms with van der Waals surface area (Å²) in [6.45, 7) is 24.8. The lowest BCUT2D eigenvalue weighted by atomic mass is 9.85. The number of hydrogen-bond acceptors (Lipinski definition) is 4. The minimum Gasteiger partial charge on any atom is -0.457 e. The van der Waals surface area contributed by atoms with Gasteiger partial charge in [-0.2, -0.15) is 0 Å². The van der Waals surface area contributed by atoms with E-state index in [1.807, 2.05) is 20.8 Å². The molecular formula is C24H30O4. The molecule has 0 atom stereocenters. The van der Waals surface area contributed by atoms with Crippen LogP contribution >= 0.6 is 0 Å². The standard InChI is InChI=1S/C24H30O4/c1-15(2)17(5)13-27-22(25)19-10-20(12-21(11-19)24(7,8)9)23(26)28-14-18(6)16(3)4/h10-12H,1,3,5-6,13-14H2,2,4,7-9H3. The highest BCUT2D eigenvalue weighted by atomic mass is 16.5. The summed E-state index contributed by atoms with van der Waals surface area (Å²) in [6.07, 6.45) is 0. The molecule has 4 nitrogen and oxygen atoms in total. The van der Waals surface area contributed by atoms with Gasteiger partial charge in [0.05, 0.1) is 11.1 Å². The zero-order valence-corrected chi connectivity index (χ0v) is 17.6. The molecule has 0 heterocycles. The van der Waals surface area contributed by atoms with Crippen LogP contribution in [0.15, 0.2) is 66.8 Å². The first-order valence-electron chi connectivity index (χ1n) is 9.00. The van der Waals surface area contributed by atoms with Gasteiger partial charge in [0.25, 0.3) is 0 Å². The topological polar surface area (TPSA) is 52.6 Å². The Hall–Kier alpha value is -2.88. The third-order valence-electron chi connectivity index (χ3n) is 4.23. The van der Waals surface area contributed by atoms with Crippen LogP contribution in [0.1, 0.15) is 60.9 Å². The summed E-state index contributed by atoms with van der Waals surface area (Å²) in [5.41, 5.74) is 3.90. The fourth-order valence-corrected chi connectivity index (χ4v) is 2.01. The first-order chi connectivity index (χ1) is 12.8. The molecule has 0 aromatic heterocycles. The number of carbonyl (C=O) groups is 2. The largest absolute Gasteiger partial charge is 0.457 e. The van der Waals surface area contributed by atoms with Crippen molar-refractivity contribution in [2.75, 3.05) is 13.2 Å². The molecule has 0 spiro atoms. The van der Waals surface area contributed by atoms with Crippen molar-refractivity contribution in [1.82, 2.24) is 0 Å². The van der Waals surface area contributed by atoms with Gasteiger partial charge >= 0.3 is 11.9 Å². The van der Waals surface area contributed by atoms with Crippen molar-refractivity contribution in [1.29, 1.82) is 0 Å². The zero-order valence-electron chi connectivity index (χ0n) is 17.6. The average Bonchev–Trinajstić information content (AvgIpc) is 2.61. The lowest BCUT2D eigenvalue weighted by molar-refractivity contribution is 0.0540. The molecule has 0 aliphatic carbocycles. The van der Waals surface area contributed by atoms with Crippen LogP contribution in [0.5, 0.6) is 0 Å². The molecular weight excluding hydrogens is 352 g/mol. The van der Waals surface area contributed by atoms with Crippen molar-refractivity contribution in [3.63, 3.8) is 0 Å². The van der Waals surface area contributed by atoms with Crippen molar-refractivity contribution in [2.45, 2.75) is 40.0 Å². The molecule has 0 aliphatic heterocycles. The Kier molecular flexibility index (Phi) is 7.74. The van der Waals surface area contributed by atoms with Gasteiger partial charge in [-0.1, -0.05) is 58.2 Å². The Bertz CT molecular complexity index is 774. The Labute approximate surface area is 168 Å². The molecule has 0 N–H and O–H groups in total. The quantitative estimate of drug-likeness (QED) is 0.436. The van der Waals surface area contributed by atoms with Crippen LogP contribution in [0.3, 0.4) is 0 Å². The fraction of sp³-hybridized carbons (Fsp3) is 0.333. The number of benzene rings is 1.